The van der Waals surface area contributed by atoms with E-state index in [4.69, 9.17) is 5.26 Å². The van der Waals surface area contributed by atoms with Crippen LogP contribution in [0, 0.1) is 11.3 Å². The first kappa shape index (κ1) is 11.0. The highest BCUT2D eigenvalue weighted by Crippen LogP contribution is 2.27. The molecule has 0 N–H and O–H groups in total. The van der Waals surface area contributed by atoms with Crippen molar-refractivity contribution in [1.29, 1.82) is 5.26 Å². The molecule has 0 spiro atoms. The summed E-state index contributed by atoms with van der Waals surface area (Å²) in [6.07, 6.45) is -1.70. The second kappa shape index (κ2) is 4.00. The predicted molar refractivity (Wildman–Crippen MR) is 45.7 cm³/mol. The Bertz CT molecular complexity index is 352. The molecule has 0 saturated heterocycles. The summed E-state index contributed by atoms with van der Waals surface area (Å²) in [6, 6.07) is 1.70. The molecule has 1 unspecified atom stereocenters. The normalized spacial score (nSPS) is 13.6. The van der Waals surface area contributed by atoms with E-state index in [-0.39, 0.29) is 12.4 Å². The van der Waals surface area contributed by atoms with Crippen molar-refractivity contribution in [3.8, 4) is 6.07 Å². The molecule has 0 amide bonds. The number of hydrogen-bond acceptors (Lipinski definition) is 2. The lowest BCUT2D eigenvalue weighted by atomic mass is 10.4. The van der Waals surface area contributed by atoms with Gasteiger partial charge in [-0.15, -0.1) is 0 Å². The Morgan fingerprint density at radius 3 is 2.79 bits per heavy atom. The molecule has 0 radical (unpaired) electrons. The summed E-state index contributed by atoms with van der Waals surface area (Å²) in [7, 11) is 0. The molecule has 1 aromatic heterocycles. The van der Waals surface area contributed by atoms with E-state index in [1.165, 1.54) is 12.4 Å². The van der Waals surface area contributed by atoms with Gasteiger partial charge in [0.25, 0.3) is 0 Å². The standard InChI is InChI=1S/C7H5BrF3N3/c8-5(7(9,10)11)4-14-2-1-13-6(14)3-12/h1-2,5H,4H2. The van der Waals surface area contributed by atoms with Crippen molar-refractivity contribution in [2.24, 2.45) is 0 Å². The van der Waals surface area contributed by atoms with Crippen molar-refractivity contribution in [2.45, 2.75) is 17.5 Å². The maximum absolute atomic E-state index is 12.1. The van der Waals surface area contributed by atoms with Crippen LogP contribution in [0.1, 0.15) is 5.82 Å². The van der Waals surface area contributed by atoms with Gasteiger partial charge < -0.3 is 4.57 Å². The Hall–Kier alpha value is -1.03. The third-order valence-electron chi connectivity index (χ3n) is 1.53. The smallest absolute Gasteiger partial charge is 0.321 e. The maximum atomic E-state index is 12.1. The van der Waals surface area contributed by atoms with Gasteiger partial charge in [-0.05, 0) is 0 Å². The fourth-order valence-electron chi connectivity index (χ4n) is 0.846. The van der Waals surface area contributed by atoms with E-state index < -0.39 is 11.0 Å². The van der Waals surface area contributed by atoms with Crippen LogP contribution in [0.3, 0.4) is 0 Å². The summed E-state index contributed by atoms with van der Waals surface area (Å²) < 4.78 is 37.5. The number of nitrogens with zero attached hydrogens (tertiary/aromatic N) is 3. The van der Waals surface area contributed by atoms with Crippen molar-refractivity contribution in [3.05, 3.63) is 18.2 Å². The minimum Gasteiger partial charge on any atom is -0.321 e. The highest BCUT2D eigenvalue weighted by Gasteiger charge is 2.37. The van der Waals surface area contributed by atoms with Gasteiger partial charge in [0.05, 0.1) is 0 Å². The minimum atomic E-state index is -4.32. The van der Waals surface area contributed by atoms with Gasteiger partial charge in [-0.3, -0.25) is 0 Å². The average molecular weight is 268 g/mol. The summed E-state index contributed by atoms with van der Waals surface area (Å²) in [5.41, 5.74) is 0. The summed E-state index contributed by atoms with van der Waals surface area (Å²) >= 11 is 2.50. The molecule has 0 aliphatic carbocycles. The Labute approximate surface area is 86.3 Å². The largest absolute Gasteiger partial charge is 0.402 e. The van der Waals surface area contributed by atoms with E-state index in [1.54, 1.807) is 6.07 Å². The number of nitriles is 1. The molecule has 1 heterocycles. The highest BCUT2D eigenvalue weighted by atomic mass is 79.9. The van der Waals surface area contributed by atoms with Crippen LogP contribution in [0.2, 0.25) is 0 Å². The zero-order valence-electron chi connectivity index (χ0n) is 6.79. The van der Waals surface area contributed by atoms with E-state index in [1.807, 2.05) is 0 Å². The van der Waals surface area contributed by atoms with Gasteiger partial charge >= 0.3 is 6.18 Å². The van der Waals surface area contributed by atoms with Gasteiger partial charge in [0.15, 0.2) is 0 Å². The molecule has 0 aromatic carbocycles. The van der Waals surface area contributed by atoms with E-state index in [0.717, 1.165) is 4.57 Å². The lowest BCUT2D eigenvalue weighted by Gasteiger charge is -2.14. The number of halogens is 4. The Kier molecular flexibility index (Phi) is 3.16. The summed E-state index contributed by atoms with van der Waals surface area (Å²) in [6.45, 7) is -0.355. The number of imidazole rings is 1. The van der Waals surface area contributed by atoms with Gasteiger partial charge in [0.1, 0.15) is 10.9 Å². The highest BCUT2D eigenvalue weighted by molar-refractivity contribution is 9.09. The van der Waals surface area contributed by atoms with Crippen molar-refractivity contribution < 1.29 is 13.2 Å². The van der Waals surface area contributed by atoms with Crippen LogP contribution in [0.25, 0.3) is 0 Å². The lowest BCUT2D eigenvalue weighted by molar-refractivity contribution is -0.129. The molecule has 1 rings (SSSR count). The van der Waals surface area contributed by atoms with Crippen LogP contribution in [0.15, 0.2) is 12.4 Å². The quantitative estimate of drug-likeness (QED) is 0.770. The topological polar surface area (TPSA) is 41.6 Å². The van der Waals surface area contributed by atoms with Crippen molar-refractivity contribution in [3.63, 3.8) is 0 Å². The van der Waals surface area contributed by atoms with Crippen LogP contribution < -0.4 is 0 Å². The molecular formula is C7H5BrF3N3. The molecule has 1 aromatic rings. The second-order valence-corrected chi connectivity index (χ2v) is 3.63. The second-order valence-electron chi connectivity index (χ2n) is 2.52. The molecule has 0 bridgehead atoms. The van der Waals surface area contributed by atoms with E-state index in [9.17, 15) is 13.2 Å². The number of aromatic nitrogens is 2. The van der Waals surface area contributed by atoms with Gasteiger partial charge in [-0.25, -0.2) is 4.98 Å². The molecule has 0 fully saturated rings. The minimum absolute atomic E-state index is 0.0290. The molecule has 3 nitrogen and oxygen atoms in total. The van der Waals surface area contributed by atoms with E-state index >= 15 is 0 Å². The van der Waals surface area contributed by atoms with E-state index in [2.05, 4.69) is 20.9 Å². The Morgan fingerprint density at radius 1 is 1.64 bits per heavy atom. The van der Waals surface area contributed by atoms with Crippen LogP contribution in [0.5, 0.6) is 0 Å². The number of rotatable bonds is 2. The molecule has 14 heavy (non-hydrogen) atoms. The van der Waals surface area contributed by atoms with Gasteiger partial charge in [-0.2, -0.15) is 18.4 Å². The van der Waals surface area contributed by atoms with Crippen LogP contribution >= 0.6 is 15.9 Å². The Balaban J connectivity index is 2.75. The molecule has 1 atom stereocenters. The van der Waals surface area contributed by atoms with Gasteiger partial charge in [0, 0.05) is 18.9 Å². The fraction of sp³-hybridized carbons (Fsp3) is 0.429. The summed E-state index contributed by atoms with van der Waals surface area (Å²) in [5, 5.41) is 8.49. The maximum Gasteiger partial charge on any atom is 0.402 e. The van der Waals surface area contributed by atoms with Gasteiger partial charge in [0.2, 0.25) is 5.82 Å². The average Bonchev–Trinajstić information content (AvgIpc) is 2.50. The van der Waals surface area contributed by atoms with Crippen molar-refractivity contribution in [2.75, 3.05) is 0 Å². The van der Waals surface area contributed by atoms with Crippen molar-refractivity contribution in [1.82, 2.24) is 9.55 Å². The van der Waals surface area contributed by atoms with Crippen LogP contribution in [-0.4, -0.2) is 20.6 Å². The number of hydrogen-bond donors (Lipinski definition) is 0. The number of alkyl halides is 4. The van der Waals surface area contributed by atoms with Crippen LogP contribution in [-0.2, 0) is 6.54 Å². The van der Waals surface area contributed by atoms with Crippen LogP contribution in [0.4, 0.5) is 13.2 Å². The summed E-state index contributed by atoms with van der Waals surface area (Å²) in [5.74, 6) is -0.0290. The first-order valence-corrected chi connectivity index (χ1v) is 4.48. The van der Waals surface area contributed by atoms with E-state index in [0.29, 0.717) is 0 Å². The third kappa shape index (κ3) is 2.48. The van der Waals surface area contributed by atoms with Crippen molar-refractivity contribution >= 4 is 15.9 Å². The first-order valence-electron chi connectivity index (χ1n) is 3.57. The zero-order valence-corrected chi connectivity index (χ0v) is 8.38. The zero-order chi connectivity index (χ0) is 10.8. The Morgan fingerprint density at radius 2 is 2.29 bits per heavy atom. The predicted octanol–water partition coefficient (Wildman–Crippen LogP) is 2.08. The lowest BCUT2D eigenvalue weighted by Crippen LogP contribution is -2.27. The fourth-order valence-corrected chi connectivity index (χ4v) is 1.16. The molecule has 0 aliphatic heterocycles. The molecule has 0 saturated carbocycles. The third-order valence-corrected chi connectivity index (χ3v) is 2.34. The molecular weight excluding hydrogens is 263 g/mol. The SMILES string of the molecule is N#Cc1nccn1CC(Br)C(F)(F)F. The monoisotopic (exact) mass is 267 g/mol. The molecule has 76 valence electrons. The molecule has 0 aliphatic rings. The van der Waals surface area contributed by atoms with Gasteiger partial charge in [-0.1, -0.05) is 15.9 Å². The first-order chi connectivity index (χ1) is 6.45. The molecule has 7 heteroatoms. The summed E-state index contributed by atoms with van der Waals surface area (Å²) in [4.78, 5) is 1.91.